The minimum Gasteiger partial charge on any atom is -0.0910 e. The molecular weight excluding hydrogens is 222 g/mol. The molecule has 1 atom stereocenters. The number of hydrogen-bond donors (Lipinski definition) is 0. The molecule has 0 spiro atoms. The monoisotopic (exact) mass is 234 g/mol. The van der Waals surface area contributed by atoms with E-state index in [9.17, 15) is 0 Å². The highest BCUT2D eigenvalue weighted by molar-refractivity contribution is 7.46. The Morgan fingerprint density at radius 1 is 1.46 bits per heavy atom. The van der Waals surface area contributed by atoms with Crippen LogP contribution < -0.4 is 0 Å². The lowest BCUT2D eigenvalue weighted by atomic mass is 9.82. The van der Waals surface area contributed by atoms with E-state index < -0.39 is 4.07 Å². The highest BCUT2D eigenvalue weighted by Gasteiger charge is 2.39. The molecule has 0 bridgehead atoms. The van der Waals surface area contributed by atoms with Gasteiger partial charge in [-0.05, 0) is 37.6 Å². The number of fused-ring (bicyclic) bond motifs is 1. The van der Waals surface area contributed by atoms with Crippen LogP contribution in [-0.2, 0) is 0 Å². The van der Waals surface area contributed by atoms with Gasteiger partial charge in [0.15, 0.2) is 4.07 Å². The van der Waals surface area contributed by atoms with Crippen LogP contribution in [0.3, 0.4) is 0 Å². The molecule has 1 aliphatic heterocycles. The lowest BCUT2D eigenvalue weighted by molar-refractivity contribution is 0.457. The normalized spacial score (nSPS) is 33.0. The average molecular weight is 235 g/mol. The fourth-order valence-electron chi connectivity index (χ4n) is 2.22. The molecule has 0 N–H and O–H groups in total. The summed E-state index contributed by atoms with van der Waals surface area (Å²) in [5.74, 6) is 2.58. The Morgan fingerprint density at radius 3 is 2.92 bits per heavy atom. The van der Waals surface area contributed by atoms with Crippen LogP contribution in [0.5, 0.6) is 0 Å². The summed E-state index contributed by atoms with van der Waals surface area (Å²) in [5, 5.41) is 0. The Hall–Kier alpha value is 0.490. The number of rotatable bonds is 0. The van der Waals surface area contributed by atoms with E-state index in [1.807, 2.05) is 0 Å². The quantitative estimate of drug-likeness (QED) is 0.431. The second-order valence-electron chi connectivity index (χ2n) is 3.85. The smallest absolute Gasteiger partial charge is 0.0910 e. The van der Waals surface area contributed by atoms with Crippen LogP contribution in [0.4, 0.5) is 0 Å². The Morgan fingerprint density at radius 2 is 2.23 bits per heavy atom. The zero-order valence-electron chi connectivity index (χ0n) is 7.69. The summed E-state index contributed by atoms with van der Waals surface area (Å²) in [6.07, 6.45) is 4.94. The van der Waals surface area contributed by atoms with E-state index in [-0.39, 0.29) is 0 Å². The molecule has 1 unspecified atom stereocenters. The van der Waals surface area contributed by atoms with Crippen LogP contribution >= 0.6 is 31.4 Å². The molecule has 0 saturated heterocycles. The van der Waals surface area contributed by atoms with E-state index in [2.05, 4.69) is 12.7 Å². The molecule has 3 heteroatoms. The summed E-state index contributed by atoms with van der Waals surface area (Å²) in [6.45, 7) is 2.18. The van der Waals surface area contributed by atoms with Gasteiger partial charge in [-0.15, -0.1) is 0 Å². The van der Waals surface area contributed by atoms with Gasteiger partial charge in [0, 0.05) is 5.92 Å². The molecule has 1 fully saturated rings. The fraction of sp³-hybridized carbons (Fsp3) is 0.700. The van der Waals surface area contributed by atoms with Crippen molar-refractivity contribution < 1.29 is 0 Å². The van der Waals surface area contributed by atoms with Crippen molar-refractivity contribution in [3.8, 4) is 0 Å². The summed E-state index contributed by atoms with van der Waals surface area (Å²) < 4.78 is -0.546. The first-order valence-corrected chi connectivity index (χ1v) is 6.46. The average Bonchev–Trinajstić information content (AvgIpc) is 2.13. The largest absolute Gasteiger partial charge is 0.165 e. The van der Waals surface area contributed by atoms with Gasteiger partial charge in [0.25, 0.3) is 0 Å². The Labute approximate surface area is 91.1 Å². The fourth-order valence-corrected chi connectivity index (χ4v) is 3.99. The molecule has 0 nitrogen and oxygen atoms in total. The lowest BCUT2D eigenvalue weighted by Crippen LogP contribution is -2.28. The van der Waals surface area contributed by atoms with Gasteiger partial charge in [0.1, 0.15) is 0 Å². The molecule has 13 heavy (non-hydrogen) atoms. The Bertz CT molecular complexity index is 279. The van der Waals surface area contributed by atoms with Gasteiger partial charge in [0.05, 0.1) is 0 Å². The maximum atomic E-state index is 6.30. The van der Waals surface area contributed by atoms with E-state index in [4.69, 9.17) is 23.2 Å². The standard InChI is InChI=1S/C10H13Cl2P/c1-7-6-13-10(11,12)9-5-3-2-4-8(7)9/h6,9H,2-5H2,1H3. The third kappa shape index (κ3) is 1.82. The van der Waals surface area contributed by atoms with Gasteiger partial charge < -0.3 is 0 Å². The third-order valence-corrected chi connectivity index (χ3v) is 5.25. The topological polar surface area (TPSA) is 0 Å². The van der Waals surface area contributed by atoms with Crippen molar-refractivity contribution >= 4 is 37.2 Å². The van der Waals surface area contributed by atoms with Gasteiger partial charge >= 0.3 is 0 Å². The van der Waals surface area contributed by atoms with Crippen molar-refractivity contribution in [2.75, 3.05) is 0 Å². The molecule has 1 aliphatic carbocycles. The van der Waals surface area contributed by atoms with Crippen LogP contribution in [0, 0.1) is 5.92 Å². The first kappa shape index (κ1) is 10.0. The molecule has 1 heterocycles. The molecule has 72 valence electrons. The van der Waals surface area contributed by atoms with E-state index in [1.54, 1.807) is 0 Å². The SMILES string of the molecule is CC1=C2CCCCC2C(Cl)(Cl)P=C1. The van der Waals surface area contributed by atoms with E-state index in [0.717, 1.165) is 8.20 Å². The second-order valence-corrected chi connectivity index (χ2v) is 6.99. The van der Waals surface area contributed by atoms with Gasteiger partial charge in [-0.1, -0.05) is 43.4 Å². The third-order valence-electron chi connectivity index (χ3n) is 2.97. The minimum absolute atomic E-state index is 0.413. The van der Waals surface area contributed by atoms with Crippen molar-refractivity contribution in [2.24, 2.45) is 5.92 Å². The lowest BCUT2D eigenvalue weighted by Gasteiger charge is -2.36. The van der Waals surface area contributed by atoms with Crippen LogP contribution in [-0.4, -0.2) is 9.87 Å². The Balaban J connectivity index is 2.36. The van der Waals surface area contributed by atoms with Gasteiger partial charge in [-0.3, -0.25) is 0 Å². The molecule has 2 aliphatic rings. The second kappa shape index (κ2) is 3.57. The molecular formula is C10H13Cl2P. The summed E-state index contributed by atoms with van der Waals surface area (Å²) in [7, 11) is 1.06. The van der Waals surface area contributed by atoms with E-state index in [0.29, 0.717) is 5.92 Å². The van der Waals surface area contributed by atoms with Crippen molar-refractivity contribution in [1.82, 2.24) is 0 Å². The molecule has 0 amide bonds. The first-order valence-electron chi connectivity index (χ1n) is 4.74. The number of hydrogen-bond acceptors (Lipinski definition) is 0. The van der Waals surface area contributed by atoms with Crippen LogP contribution in [0.1, 0.15) is 32.6 Å². The molecule has 0 radical (unpaired) electrons. The van der Waals surface area contributed by atoms with Crippen LogP contribution in [0.25, 0.3) is 0 Å². The van der Waals surface area contributed by atoms with Crippen LogP contribution in [0.15, 0.2) is 11.1 Å². The predicted octanol–water partition coefficient (Wildman–Crippen LogP) is 4.39. The van der Waals surface area contributed by atoms with Crippen molar-refractivity contribution in [3.05, 3.63) is 11.1 Å². The molecule has 0 aromatic rings. The van der Waals surface area contributed by atoms with Gasteiger partial charge in [-0.2, -0.15) is 0 Å². The highest BCUT2D eigenvalue weighted by Crippen LogP contribution is 2.52. The maximum Gasteiger partial charge on any atom is 0.165 e. The van der Waals surface area contributed by atoms with E-state index in [1.165, 1.54) is 36.8 Å². The number of allylic oxidation sites excluding steroid dienone is 2. The Kier molecular flexibility index (Phi) is 2.75. The van der Waals surface area contributed by atoms with Crippen LogP contribution in [0.2, 0.25) is 0 Å². The zero-order chi connectivity index (χ0) is 9.47. The molecule has 2 rings (SSSR count). The number of halogens is 2. The van der Waals surface area contributed by atoms with Gasteiger partial charge in [-0.25, -0.2) is 0 Å². The summed E-state index contributed by atoms with van der Waals surface area (Å²) in [4.78, 5) is 0. The van der Waals surface area contributed by atoms with Gasteiger partial charge in [0.2, 0.25) is 0 Å². The maximum absolute atomic E-state index is 6.30. The molecule has 0 aromatic carbocycles. The highest BCUT2D eigenvalue weighted by atomic mass is 35.5. The molecule has 0 aromatic heterocycles. The summed E-state index contributed by atoms with van der Waals surface area (Å²) in [5.41, 5.74) is 2.93. The zero-order valence-corrected chi connectivity index (χ0v) is 10.1. The van der Waals surface area contributed by atoms with Crippen molar-refractivity contribution in [1.29, 1.82) is 0 Å². The predicted molar refractivity (Wildman–Crippen MR) is 62.1 cm³/mol. The van der Waals surface area contributed by atoms with E-state index >= 15 is 0 Å². The summed E-state index contributed by atoms with van der Waals surface area (Å²) in [6, 6.07) is 0. The minimum atomic E-state index is -0.546. The number of alkyl halides is 2. The summed E-state index contributed by atoms with van der Waals surface area (Å²) >= 11 is 12.6. The first-order chi connectivity index (χ1) is 6.11. The molecule has 1 saturated carbocycles. The van der Waals surface area contributed by atoms with Crippen molar-refractivity contribution in [3.63, 3.8) is 0 Å². The van der Waals surface area contributed by atoms with Crippen molar-refractivity contribution in [2.45, 2.75) is 36.7 Å².